The second-order valence-corrected chi connectivity index (χ2v) is 2.26. The van der Waals surface area contributed by atoms with E-state index in [1.54, 1.807) is 0 Å². The van der Waals surface area contributed by atoms with Gasteiger partial charge in [-0.25, -0.2) is 4.31 Å². The third kappa shape index (κ3) is 1.51. The third-order valence-electron chi connectivity index (χ3n) is 0.708. The van der Waals surface area contributed by atoms with E-state index in [4.69, 9.17) is 0 Å². The van der Waals surface area contributed by atoms with Crippen LogP contribution in [0.2, 0.25) is 0 Å². The average Bonchev–Trinajstić information content (AvgIpc) is 2.08. The first kappa shape index (κ1) is 6.73. The molecule has 6 heteroatoms. The summed E-state index contributed by atoms with van der Waals surface area (Å²) in [5, 5.41) is 0. The molecule has 1 aliphatic rings. The Balaban J connectivity index is 2.53. The highest BCUT2D eigenvalue weighted by atomic mass is 32.2. The van der Waals surface area contributed by atoms with Crippen molar-refractivity contribution in [2.75, 3.05) is 5.88 Å². The van der Waals surface area contributed by atoms with E-state index in [9.17, 15) is 13.2 Å². The van der Waals surface area contributed by atoms with E-state index < -0.39 is 6.30 Å². The van der Waals surface area contributed by atoms with Crippen LogP contribution >= 0.6 is 11.9 Å². The molecule has 0 aromatic carbocycles. The van der Waals surface area contributed by atoms with Gasteiger partial charge < -0.3 is 0 Å². The van der Waals surface area contributed by atoms with Crippen LogP contribution in [0.5, 0.6) is 0 Å². The van der Waals surface area contributed by atoms with Crippen molar-refractivity contribution < 1.29 is 13.2 Å². The molecule has 0 spiro atoms. The Morgan fingerprint density at radius 2 is 2.22 bits per heavy atom. The molecule has 1 rings (SSSR count). The normalized spacial score (nSPS) is 19.2. The van der Waals surface area contributed by atoms with E-state index in [0.29, 0.717) is 11.9 Å². The van der Waals surface area contributed by atoms with Gasteiger partial charge in [0.1, 0.15) is 12.2 Å². The number of hydrogen-bond acceptors (Lipinski definition) is 3. The van der Waals surface area contributed by atoms with E-state index in [2.05, 4.69) is 4.99 Å². The lowest BCUT2D eigenvalue weighted by Gasteiger charge is -2.14. The van der Waals surface area contributed by atoms with Crippen molar-refractivity contribution in [3.05, 3.63) is 0 Å². The molecule has 0 radical (unpaired) electrons. The molecule has 0 aliphatic carbocycles. The summed E-state index contributed by atoms with van der Waals surface area (Å²) in [6.07, 6.45) is -3.49. The predicted octanol–water partition coefficient (Wildman–Crippen LogP) is 1.46. The van der Waals surface area contributed by atoms with Crippen molar-refractivity contribution in [1.29, 1.82) is 0 Å². The Morgan fingerprint density at radius 1 is 1.56 bits per heavy atom. The molecule has 0 unspecified atom stereocenters. The molecule has 0 atom stereocenters. The zero-order chi connectivity index (χ0) is 6.91. The van der Waals surface area contributed by atoms with E-state index in [-0.39, 0.29) is 10.2 Å². The van der Waals surface area contributed by atoms with Gasteiger partial charge in [-0.05, 0) is 11.9 Å². The summed E-state index contributed by atoms with van der Waals surface area (Å²) in [7, 11) is 0. The zero-order valence-corrected chi connectivity index (χ0v) is 5.04. The number of aliphatic imine (C=N–C) groups is 1. The van der Waals surface area contributed by atoms with Crippen molar-refractivity contribution >= 4 is 18.3 Å². The Labute approximate surface area is 53.9 Å². The van der Waals surface area contributed by atoms with Gasteiger partial charge in [0.2, 0.25) is 0 Å². The van der Waals surface area contributed by atoms with Gasteiger partial charge in [-0.3, -0.25) is 4.99 Å². The Hall–Kier alpha value is -0.390. The highest BCUT2D eigenvalue weighted by molar-refractivity contribution is 7.97. The fourth-order valence-electron chi connectivity index (χ4n) is 0.375. The van der Waals surface area contributed by atoms with Crippen LogP contribution in [0.1, 0.15) is 0 Å². The molecule has 1 heterocycles. The molecule has 0 aromatic heterocycles. The maximum atomic E-state index is 11.6. The van der Waals surface area contributed by atoms with Crippen LogP contribution in [0.4, 0.5) is 13.2 Å². The minimum Gasteiger partial charge on any atom is -0.262 e. The summed E-state index contributed by atoms with van der Waals surface area (Å²) in [5.74, 6) is 0.166. The number of nitrogens with zero attached hydrogens (tertiary/aromatic N) is 2. The largest absolute Gasteiger partial charge is 0.495 e. The van der Waals surface area contributed by atoms with Crippen LogP contribution in [0.3, 0.4) is 0 Å². The summed E-state index contributed by atoms with van der Waals surface area (Å²) in [5.41, 5.74) is 0. The molecule has 0 bridgehead atoms. The van der Waals surface area contributed by atoms with E-state index in [1.165, 1.54) is 0 Å². The van der Waals surface area contributed by atoms with Crippen molar-refractivity contribution in [1.82, 2.24) is 4.31 Å². The van der Waals surface area contributed by atoms with Gasteiger partial charge in [-0.1, -0.05) is 0 Å². The second kappa shape index (κ2) is 2.09. The van der Waals surface area contributed by atoms with Crippen LogP contribution < -0.4 is 0 Å². The first-order valence-corrected chi connectivity index (χ1v) is 3.04. The zero-order valence-electron chi connectivity index (χ0n) is 4.22. The second-order valence-electron chi connectivity index (χ2n) is 1.35. The Bertz CT molecular complexity index is 132. The van der Waals surface area contributed by atoms with Crippen LogP contribution in [-0.2, 0) is 0 Å². The monoisotopic (exact) mass is 156 g/mol. The SMILES string of the molecule is FC(F)(F)N1C=NCS1. The van der Waals surface area contributed by atoms with Gasteiger partial charge in [0.25, 0.3) is 0 Å². The molecule has 1 aliphatic heterocycles. The lowest BCUT2D eigenvalue weighted by Crippen LogP contribution is -2.28. The van der Waals surface area contributed by atoms with Crippen molar-refractivity contribution in [2.45, 2.75) is 6.30 Å². The smallest absolute Gasteiger partial charge is 0.262 e. The molecule has 0 aromatic rings. The lowest BCUT2D eigenvalue weighted by atomic mass is 11.0. The minimum atomic E-state index is -4.27. The quantitative estimate of drug-likeness (QED) is 0.389. The molecule has 2 nitrogen and oxygen atoms in total. The molecular weight excluding hydrogens is 153 g/mol. The van der Waals surface area contributed by atoms with Crippen molar-refractivity contribution in [2.24, 2.45) is 4.99 Å². The highest BCUT2D eigenvalue weighted by Crippen LogP contribution is 2.29. The maximum Gasteiger partial charge on any atom is 0.495 e. The molecule has 0 saturated heterocycles. The summed E-state index contributed by atoms with van der Waals surface area (Å²) < 4.78 is 34.9. The topological polar surface area (TPSA) is 15.6 Å². The fourth-order valence-corrected chi connectivity index (χ4v) is 0.912. The maximum absolute atomic E-state index is 11.6. The minimum absolute atomic E-state index is 0.166. The summed E-state index contributed by atoms with van der Waals surface area (Å²) >= 11 is 0.635. The van der Waals surface area contributed by atoms with Crippen molar-refractivity contribution in [3.8, 4) is 0 Å². The summed E-state index contributed by atoms with van der Waals surface area (Å²) in [4.78, 5) is 3.38. The fraction of sp³-hybridized carbons (Fsp3) is 0.667. The van der Waals surface area contributed by atoms with Crippen LogP contribution in [0.15, 0.2) is 4.99 Å². The number of rotatable bonds is 0. The van der Waals surface area contributed by atoms with Gasteiger partial charge in [0.15, 0.2) is 0 Å². The van der Waals surface area contributed by atoms with Crippen LogP contribution in [0.25, 0.3) is 0 Å². The van der Waals surface area contributed by atoms with Gasteiger partial charge in [-0.2, -0.15) is 0 Å². The summed E-state index contributed by atoms with van der Waals surface area (Å²) in [6.45, 7) is 0. The molecule has 0 fully saturated rings. The van der Waals surface area contributed by atoms with E-state index >= 15 is 0 Å². The van der Waals surface area contributed by atoms with Gasteiger partial charge in [0, 0.05) is 0 Å². The predicted molar refractivity (Wildman–Crippen MR) is 28.8 cm³/mol. The molecule has 52 valence electrons. The first-order valence-electron chi connectivity index (χ1n) is 2.09. The number of halogens is 3. The van der Waals surface area contributed by atoms with E-state index in [0.717, 1.165) is 6.34 Å². The summed E-state index contributed by atoms with van der Waals surface area (Å²) in [6, 6.07) is 0. The Morgan fingerprint density at radius 3 is 2.44 bits per heavy atom. The molecular formula is C3H3F3N2S. The van der Waals surface area contributed by atoms with Crippen LogP contribution in [-0.4, -0.2) is 22.8 Å². The molecule has 0 amide bonds. The van der Waals surface area contributed by atoms with Crippen LogP contribution in [0, 0.1) is 0 Å². The van der Waals surface area contributed by atoms with Gasteiger partial charge in [-0.15, -0.1) is 13.2 Å². The van der Waals surface area contributed by atoms with Gasteiger partial charge >= 0.3 is 6.30 Å². The molecule has 9 heavy (non-hydrogen) atoms. The third-order valence-corrected chi connectivity index (χ3v) is 1.55. The van der Waals surface area contributed by atoms with E-state index in [1.807, 2.05) is 0 Å². The number of hydrogen-bond donors (Lipinski definition) is 0. The van der Waals surface area contributed by atoms with Gasteiger partial charge in [0.05, 0.1) is 0 Å². The highest BCUT2D eigenvalue weighted by Gasteiger charge is 2.37. The molecule has 0 saturated carbocycles. The average molecular weight is 156 g/mol. The lowest BCUT2D eigenvalue weighted by molar-refractivity contribution is -0.181. The Kier molecular flexibility index (Phi) is 1.56. The number of alkyl halides is 3. The standard InChI is InChI=1S/C3H3F3N2S/c4-3(5,6)8-1-7-2-9-8/h1H,2H2. The molecule has 0 N–H and O–H groups in total. The van der Waals surface area contributed by atoms with Crippen molar-refractivity contribution in [3.63, 3.8) is 0 Å². The first-order chi connectivity index (χ1) is 4.11.